The number of rotatable bonds is 7. The molecule has 0 spiro atoms. The number of nitrogens with two attached hydrogens (primary N) is 1. The fourth-order valence-corrected chi connectivity index (χ4v) is 4.74. The molecule has 0 bridgehead atoms. The maximum atomic E-state index is 13.0. The third-order valence-electron chi connectivity index (χ3n) is 6.85. The highest BCUT2D eigenvalue weighted by Crippen LogP contribution is 2.55. The largest absolute Gasteiger partial charge is 0.446 e. The van der Waals surface area contributed by atoms with E-state index in [1.165, 1.54) is 5.56 Å². The summed E-state index contributed by atoms with van der Waals surface area (Å²) >= 11 is 0. The first kappa shape index (κ1) is 21.3. The molecule has 2 aliphatic rings. The van der Waals surface area contributed by atoms with Gasteiger partial charge in [0.2, 0.25) is 0 Å². The lowest BCUT2D eigenvalue weighted by molar-refractivity contribution is 0.0784. The number of benzene rings is 3. The van der Waals surface area contributed by atoms with Crippen LogP contribution in [0.15, 0.2) is 78.9 Å². The maximum absolute atomic E-state index is 13.0. The van der Waals surface area contributed by atoms with Crippen molar-refractivity contribution in [1.82, 2.24) is 0 Å². The van der Waals surface area contributed by atoms with E-state index in [1.807, 2.05) is 54.6 Å². The first-order valence-corrected chi connectivity index (χ1v) is 11.5. The molecule has 0 aromatic heterocycles. The third kappa shape index (κ3) is 4.63. The smallest absolute Gasteiger partial charge is 0.404 e. The number of anilines is 1. The van der Waals surface area contributed by atoms with Crippen molar-refractivity contribution in [1.29, 1.82) is 0 Å². The highest BCUT2D eigenvalue weighted by molar-refractivity contribution is 6.05. The molecular formula is C28H28N2O3. The molecule has 0 saturated heterocycles. The van der Waals surface area contributed by atoms with E-state index in [0.717, 1.165) is 36.1 Å². The van der Waals surface area contributed by atoms with Gasteiger partial charge in [0.05, 0.1) is 0 Å². The molecule has 2 saturated carbocycles. The Bertz CT molecular complexity index is 1140. The zero-order valence-corrected chi connectivity index (χ0v) is 18.7. The zero-order chi connectivity index (χ0) is 22.9. The normalized spacial score (nSPS) is 20.0. The van der Waals surface area contributed by atoms with Crippen molar-refractivity contribution in [2.75, 3.05) is 11.9 Å². The summed E-state index contributed by atoms with van der Waals surface area (Å²) in [6.07, 6.45) is 2.50. The van der Waals surface area contributed by atoms with E-state index in [0.29, 0.717) is 23.3 Å². The van der Waals surface area contributed by atoms with Crippen molar-refractivity contribution >= 4 is 17.7 Å². The van der Waals surface area contributed by atoms with Gasteiger partial charge in [0.15, 0.2) is 0 Å². The molecule has 0 aliphatic heterocycles. The van der Waals surface area contributed by atoms with Crippen LogP contribution in [0, 0.1) is 11.8 Å². The topological polar surface area (TPSA) is 72.6 Å². The lowest BCUT2D eigenvalue weighted by Gasteiger charge is -2.19. The molecular weight excluding hydrogens is 412 g/mol. The van der Waals surface area contributed by atoms with Crippen LogP contribution in [0.5, 0.6) is 0 Å². The van der Waals surface area contributed by atoms with Crippen molar-refractivity contribution in [2.45, 2.75) is 31.3 Å². The molecule has 2 aliphatic carbocycles. The minimum absolute atomic E-state index is 0.0460. The Balaban J connectivity index is 1.24. The Morgan fingerprint density at radius 3 is 2.15 bits per heavy atom. The Hall–Kier alpha value is -3.60. The van der Waals surface area contributed by atoms with Crippen molar-refractivity contribution in [3.63, 3.8) is 0 Å². The van der Waals surface area contributed by atoms with Gasteiger partial charge >= 0.3 is 6.09 Å². The Labute approximate surface area is 194 Å². The van der Waals surface area contributed by atoms with Gasteiger partial charge in [-0.25, -0.2) is 4.79 Å². The average Bonchev–Trinajstić information content (AvgIpc) is 3.77. The van der Waals surface area contributed by atoms with Crippen molar-refractivity contribution in [3.8, 4) is 11.1 Å². The zero-order valence-electron chi connectivity index (χ0n) is 18.7. The average molecular weight is 441 g/mol. The molecule has 5 heteroatoms. The van der Waals surface area contributed by atoms with Gasteiger partial charge in [-0.1, -0.05) is 54.6 Å². The van der Waals surface area contributed by atoms with Crippen molar-refractivity contribution in [2.24, 2.45) is 17.6 Å². The molecule has 0 heterocycles. The first-order chi connectivity index (χ1) is 16.0. The molecule has 5 nitrogen and oxygen atoms in total. The van der Waals surface area contributed by atoms with E-state index in [9.17, 15) is 9.59 Å². The molecule has 2 N–H and O–H groups in total. The van der Waals surface area contributed by atoms with Gasteiger partial charge in [-0.3, -0.25) is 4.79 Å². The van der Waals surface area contributed by atoms with Gasteiger partial charge in [0.1, 0.15) is 6.10 Å². The summed E-state index contributed by atoms with van der Waals surface area (Å²) in [5, 5.41) is 0. The second kappa shape index (κ2) is 8.74. The standard InChI is InChI=1S/C28H28N2O3/c1-30(27(31)22-11-7-19(8-12-22)18-5-3-2-4-6-18)23-15-13-20(14-16-23)24-17-25(24)26(21-9-10-21)33-28(29)32/h2-8,11-16,21,24-26H,9-10,17H2,1H3,(H2,29,32). The molecule has 2 amide bonds. The van der Waals surface area contributed by atoms with Crippen LogP contribution in [0.3, 0.4) is 0 Å². The van der Waals surface area contributed by atoms with Gasteiger partial charge < -0.3 is 15.4 Å². The first-order valence-electron chi connectivity index (χ1n) is 11.5. The second-order valence-corrected chi connectivity index (χ2v) is 9.14. The van der Waals surface area contributed by atoms with Crippen molar-refractivity contribution in [3.05, 3.63) is 90.0 Å². The van der Waals surface area contributed by atoms with Crippen LogP contribution in [-0.4, -0.2) is 25.2 Å². The predicted octanol–water partition coefficient (Wildman–Crippen LogP) is 5.61. The van der Waals surface area contributed by atoms with E-state index in [4.69, 9.17) is 10.5 Å². The van der Waals surface area contributed by atoms with E-state index in [2.05, 4.69) is 24.3 Å². The summed E-state index contributed by atoms with van der Waals surface area (Å²) in [5.41, 5.74) is 10.2. The van der Waals surface area contributed by atoms with Gasteiger partial charge in [0, 0.05) is 24.2 Å². The minimum atomic E-state index is -0.676. The fraction of sp³-hybridized carbons (Fsp3) is 0.286. The number of hydrogen-bond donors (Lipinski definition) is 1. The highest BCUT2D eigenvalue weighted by Gasteiger charge is 2.51. The summed E-state index contributed by atoms with van der Waals surface area (Å²) in [5.74, 6) is 1.15. The van der Waals surface area contributed by atoms with Gasteiger partial charge in [0.25, 0.3) is 5.91 Å². The van der Waals surface area contributed by atoms with Crippen LogP contribution < -0.4 is 10.6 Å². The molecule has 3 aromatic rings. The Morgan fingerprint density at radius 1 is 0.909 bits per heavy atom. The van der Waals surface area contributed by atoms with Crippen LogP contribution in [0.1, 0.15) is 41.1 Å². The molecule has 3 unspecified atom stereocenters. The number of carbonyl (C=O) groups excluding carboxylic acids is 2. The number of hydrogen-bond acceptors (Lipinski definition) is 3. The van der Waals surface area contributed by atoms with Crippen LogP contribution in [-0.2, 0) is 4.74 Å². The summed E-state index contributed by atoms with van der Waals surface area (Å²) in [6, 6.07) is 26.0. The monoisotopic (exact) mass is 440 g/mol. The number of amides is 2. The SMILES string of the molecule is CN(C(=O)c1ccc(-c2ccccc2)cc1)c1ccc(C2CC2C(OC(N)=O)C2CC2)cc1. The number of ether oxygens (including phenoxy) is 1. The predicted molar refractivity (Wildman–Crippen MR) is 129 cm³/mol. The second-order valence-electron chi connectivity index (χ2n) is 9.14. The van der Waals surface area contributed by atoms with Crippen molar-refractivity contribution < 1.29 is 14.3 Å². The van der Waals surface area contributed by atoms with Crippen LogP contribution >= 0.6 is 0 Å². The lowest BCUT2D eigenvalue weighted by atomic mass is 10.0. The lowest BCUT2D eigenvalue weighted by Crippen LogP contribution is -2.26. The van der Waals surface area contributed by atoms with Crippen LogP contribution in [0.25, 0.3) is 11.1 Å². The Kier molecular flexibility index (Phi) is 5.63. The summed E-state index contributed by atoms with van der Waals surface area (Å²) < 4.78 is 5.41. The van der Waals surface area contributed by atoms with Gasteiger partial charge in [-0.05, 0) is 72.1 Å². The third-order valence-corrected chi connectivity index (χ3v) is 6.85. The number of carbonyl (C=O) groups is 2. The molecule has 0 radical (unpaired) electrons. The van der Waals surface area contributed by atoms with E-state index in [-0.39, 0.29) is 12.0 Å². The molecule has 3 aromatic carbocycles. The molecule has 168 valence electrons. The molecule has 3 atom stereocenters. The van der Waals surface area contributed by atoms with E-state index in [1.54, 1.807) is 11.9 Å². The Morgan fingerprint density at radius 2 is 1.55 bits per heavy atom. The van der Waals surface area contributed by atoms with Crippen LogP contribution in [0.4, 0.5) is 10.5 Å². The van der Waals surface area contributed by atoms with Crippen LogP contribution in [0.2, 0.25) is 0 Å². The quantitative estimate of drug-likeness (QED) is 0.519. The summed E-state index contributed by atoms with van der Waals surface area (Å²) in [4.78, 5) is 26.0. The van der Waals surface area contributed by atoms with E-state index >= 15 is 0 Å². The van der Waals surface area contributed by atoms with Gasteiger partial charge in [-0.15, -0.1) is 0 Å². The molecule has 33 heavy (non-hydrogen) atoms. The number of primary amides is 1. The summed E-state index contributed by atoms with van der Waals surface area (Å²) in [6.45, 7) is 0. The van der Waals surface area contributed by atoms with Gasteiger partial charge in [-0.2, -0.15) is 0 Å². The van der Waals surface area contributed by atoms with E-state index < -0.39 is 6.09 Å². The minimum Gasteiger partial charge on any atom is -0.446 e. The summed E-state index contributed by atoms with van der Waals surface area (Å²) in [7, 11) is 1.80. The number of nitrogens with zero attached hydrogens (tertiary/aromatic N) is 1. The molecule has 2 fully saturated rings. The maximum Gasteiger partial charge on any atom is 0.404 e. The molecule has 5 rings (SSSR count). The fourth-order valence-electron chi connectivity index (χ4n) is 4.74. The highest BCUT2D eigenvalue weighted by atomic mass is 16.6.